The van der Waals surface area contributed by atoms with Crippen molar-refractivity contribution in [3.05, 3.63) is 48.3 Å². The smallest absolute Gasteiger partial charge is 0.411 e. The molecule has 0 radical (unpaired) electrons. The number of hydrogen-bond donors (Lipinski definition) is 2. The number of amides is 1. The van der Waals surface area contributed by atoms with Gasteiger partial charge in [-0.05, 0) is 36.4 Å². The van der Waals surface area contributed by atoms with Crippen LogP contribution in [-0.2, 0) is 18.3 Å². The van der Waals surface area contributed by atoms with Crippen molar-refractivity contribution in [2.45, 2.75) is 6.54 Å². The second-order valence-corrected chi connectivity index (χ2v) is 4.16. The topological polar surface area (TPSA) is 55.3 Å². The fraction of sp³-hybridized carbons (Fsp3) is 0.214. The molecule has 0 fully saturated rings. The molecule has 0 saturated heterocycles. The standard InChI is InChI=1S/C14H17N3O2/c1-17-9-3-4-13(17)10-15-11-5-7-12(8-6-11)16-14(18)19-2/h3-9,15H,10H2,1-2H3,(H,16,18). The lowest BCUT2D eigenvalue weighted by molar-refractivity contribution is 0.187. The van der Waals surface area contributed by atoms with E-state index in [0.29, 0.717) is 5.69 Å². The number of nitrogens with one attached hydrogen (secondary N) is 2. The molecule has 1 amide bonds. The molecule has 0 unspecified atom stereocenters. The zero-order valence-corrected chi connectivity index (χ0v) is 11.0. The number of anilines is 2. The molecule has 1 heterocycles. The van der Waals surface area contributed by atoms with Crippen molar-refractivity contribution in [2.75, 3.05) is 17.7 Å². The van der Waals surface area contributed by atoms with E-state index in [4.69, 9.17) is 0 Å². The number of aromatic nitrogens is 1. The van der Waals surface area contributed by atoms with Gasteiger partial charge in [0.05, 0.1) is 13.7 Å². The molecule has 5 heteroatoms. The summed E-state index contributed by atoms with van der Waals surface area (Å²) in [6, 6.07) is 11.6. The zero-order chi connectivity index (χ0) is 13.7. The van der Waals surface area contributed by atoms with E-state index >= 15 is 0 Å². The molecular formula is C14H17N3O2. The summed E-state index contributed by atoms with van der Waals surface area (Å²) in [5, 5.41) is 5.92. The highest BCUT2D eigenvalue weighted by molar-refractivity contribution is 5.84. The van der Waals surface area contributed by atoms with Crippen LogP contribution in [0.4, 0.5) is 16.2 Å². The Hall–Kier alpha value is -2.43. The highest BCUT2D eigenvalue weighted by atomic mass is 16.5. The fourth-order valence-corrected chi connectivity index (χ4v) is 1.71. The van der Waals surface area contributed by atoms with Crippen molar-refractivity contribution in [3.63, 3.8) is 0 Å². The normalized spacial score (nSPS) is 10.0. The molecular weight excluding hydrogens is 242 g/mol. The maximum absolute atomic E-state index is 11.0. The van der Waals surface area contributed by atoms with Gasteiger partial charge in [-0.25, -0.2) is 4.79 Å². The SMILES string of the molecule is COC(=O)Nc1ccc(NCc2cccn2C)cc1. The minimum atomic E-state index is -0.468. The molecule has 0 atom stereocenters. The predicted molar refractivity (Wildman–Crippen MR) is 75.2 cm³/mol. The van der Waals surface area contributed by atoms with Crippen LogP contribution in [0.15, 0.2) is 42.6 Å². The number of hydrogen-bond acceptors (Lipinski definition) is 3. The van der Waals surface area contributed by atoms with Crippen molar-refractivity contribution < 1.29 is 9.53 Å². The second kappa shape index (κ2) is 5.95. The molecule has 0 aliphatic rings. The fourth-order valence-electron chi connectivity index (χ4n) is 1.71. The number of carbonyl (C=O) groups excluding carboxylic acids is 1. The number of benzene rings is 1. The zero-order valence-electron chi connectivity index (χ0n) is 11.0. The number of aryl methyl sites for hydroxylation is 1. The van der Waals surface area contributed by atoms with Crippen LogP contribution in [0.1, 0.15) is 5.69 Å². The predicted octanol–water partition coefficient (Wildman–Crippen LogP) is 2.82. The highest BCUT2D eigenvalue weighted by Crippen LogP contribution is 2.14. The monoisotopic (exact) mass is 259 g/mol. The summed E-state index contributed by atoms with van der Waals surface area (Å²) in [5.74, 6) is 0. The van der Waals surface area contributed by atoms with Gasteiger partial charge in [0.1, 0.15) is 0 Å². The lowest BCUT2D eigenvalue weighted by Crippen LogP contribution is -2.10. The van der Waals surface area contributed by atoms with E-state index in [1.807, 2.05) is 43.6 Å². The Balaban J connectivity index is 1.92. The van der Waals surface area contributed by atoms with Crippen LogP contribution in [0.2, 0.25) is 0 Å². The molecule has 0 aliphatic carbocycles. The molecule has 0 spiro atoms. The van der Waals surface area contributed by atoms with E-state index in [-0.39, 0.29) is 0 Å². The Kier molecular flexibility index (Phi) is 4.07. The van der Waals surface area contributed by atoms with Crippen molar-refractivity contribution in [1.82, 2.24) is 4.57 Å². The Morgan fingerprint density at radius 1 is 1.21 bits per heavy atom. The van der Waals surface area contributed by atoms with Crippen molar-refractivity contribution in [3.8, 4) is 0 Å². The molecule has 19 heavy (non-hydrogen) atoms. The van der Waals surface area contributed by atoms with Gasteiger partial charge in [0.15, 0.2) is 0 Å². The second-order valence-electron chi connectivity index (χ2n) is 4.16. The van der Waals surface area contributed by atoms with Gasteiger partial charge in [-0.1, -0.05) is 0 Å². The van der Waals surface area contributed by atoms with Gasteiger partial charge < -0.3 is 14.6 Å². The first-order chi connectivity index (χ1) is 9.19. The van der Waals surface area contributed by atoms with Crippen LogP contribution in [0.3, 0.4) is 0 Å². The van der Waals surface area contributed by atoms with Crippen LogP contribution in [0.25, 0.3) is 0 Å². The third kappa shape index (κ3) is 3.51. The van der Waals surface area contributed by atoms with Gasteiger partial charge in [0.2, 0.25) is 0 Å². The molecule has 2 rings (SSSR count). The van der Waals surface area contributed by atoms with Gasteiger partial charge in [0.25, 0.3) is 0 Å². The summed E-state index contributed by atoms with van der Waals surface area (Å²) in [4.78, 5) is 11.0. The molecule has 2 N–H and O–H groups in total. The molecule has 0 saturated carbocycles. The molecule has 1 aromatic carbocycles. The third-order valence-corrected chi connectivity index (χ3v) is 2.84. The number of nitrogens with zero attached hydrogens (tertiary/aromatic N) is 1. The summed E-state index contributed by atoms with van der Waals surface area (Å²) >= 11 is 0. The number of carbonyl (C=O) groups is 1. The van der Waals surface area contributed by atoms with Crippen molar-refractivity contribution >= 4 is 17.5 Å². The first kappa shape index (κ1) is 13.0. The highest BCUT2D eigenvalue weighted by Gasteiger charge is 2.01. The lowest BCUT2D eigenvalue weighted by Gasteiger charge is -2.09. The van der Waals surface area contributed by atoms with Gasteiger partial charge in [0, 0.05) is 30.3 Å². The minimum absolute atomic E-state index is 0.468. The summed E-state index contributed by atoms with van der Waals surface area (Å²) < 4.78 is 6.60. The summed E-state index contributed by atoms with van der Waals surface area (Å²) in [5.41, 5.74) is 2.91. The summed E-state index contributed by atoms with van der Waals surface area (Å²) in [6.45, 7) is 0.757. The average Bonchev–Trinajstić information content (AvgIpc) is 2.83. The molecule has 0 aliphatic heterocycles. The van der Waals surface area contributed by atoms with Gasteiger partial charge in [-0.3, -0.25) is 5.32 Å². The number of ether oxygens (including phenoxy) is 1. The largest absolute Gasteiger partial charge is 0.453 e. The molecule has 0 bridgehead atoms. The van der Waals surface area contributed by atoms with Gasteiger partial charge in [-0.15, -0.1) is 0 Å². The van der Waals surface area contributed by atoms with Crippen LogP contribution >= 0.6 is 0 Å². The van der Waals surface area contributed by atoms with Crippen molar-refractivity contribution in [2.24, 2.45) is 7.05 Å². The van der Waals surface area contributed by atoms with Crippen LogP contribution in [-0.4, -0.2) is 17.8 Å². The summed E-state index contributed by atoms with van der Waals surface area (Å²) in [7, 11) is 3.35. The van der Waals surface area contributed by atoms with E-state index in [0.717, 1.165) is 12.2 Å². The maximum Gasteiger partial charge on any atom is 0.411 e. The Morgan fingerprint density at radius 3 is 2.47 bits per heavy atom. The molecule has 5 nitrogen and oxygen atoms in total. The molecule has 100 valence electrons. The Bertz CT molecular complexity index is 546. The van der Waals surface area contributed by atoms with Crippen molar-refractivity contribution in [1.29, 1.82) is 0 Å². The number of rotatable bonds is 4. The quantitative estimate of drug-likeness (QED) is 0.887. The maximum atomic E-state index is 11.0. The first-order valence-electron chi connectivity index (χ1n) is 5.98. The number of methoxy groups -OCH3 is 1. The van der Waals surface area contributed by atoms with Crippen LogP contribution < -0.4 is 10.6 Å². The van der Waals surface area contributed by atoms with E-state index in [9.17, 15) is 4.79 Å². The Labute approximate surface area is 112 Å². The van der Waals surface area contributed by atoms with Gasteiger partial charge >= 0.3 is 6.09 Å². The first-order valence-corrected chi connectivity index (χ1v) is 5.98. The minimum Gasteiger partial charge on any atom is -0.453 e. The van der Waals surface area contributed by atoms with Crippen LogP contribution in [0, 0.1) is 0 Å². The van der Waals surface area contributed by atoms with Crippen LogP contribution in [0.5, 0.6) is 0 Å². The van der Waals surface area contributed by atoms with E-state index in [1.54, 1.807) is 0 Å². The summed E-state index contributed by atoms with van der Waals surface area (Å²) in [6.07, 6.45) is 1.55. The third-order valence-electron chi connectivity index (χ3n) is 2.84. The van der Waals surface area contributed by atoms with E-state index < -0.39 is 6.09 Å². The van der Waals surface area contributed by atoms with E-state index in [2.05, 4.69) is 26.0 Å². The average molecular weight is 259 g/mol. The molecule has 2 aromatic rings. The lowest BCUT2D eigenvalue weighted by atomic mass is 10.2. The van der Waals surface area contributed by atoms with E-state index in [1.165, 1.54) is 12.8 Å². The Morgan fingerprint density at radius 2 is 1.89 bits per heavy atom. The molecule has 1 aromatic heterocycles. The van der Waals surface area contributed by atoms with Gasteiger partial charge in [-0.2, -0.15) is 0 Å².